The summed E-state index contributed by atoms with van der Waals surface area (Å²) in [7, 11) is 0. The average molecular weight is 369 g/mol. The van der Waals surface area contributed by atoms with Crippen molar-refractivity contribution in [2.45, 2.75) is 38.0 Å². The van der Waals surface area contributed by atoms with Crippen LogP contribution in [-0.4, -0.2) is 23.4 Å². The molecule has 0 radical (unpaired) electrons. The monoisotopic (exact) mass is 368 g/mol. The van der Waals surface area contributed by atoms with E-state index in [1.165, 1.54) is 54.4 Å². The fraction of sp³-hybridized carbons (Fsp3) is 0.381. The van der Waals surface area contributed by atoms with E-state index in [9.17, 15) is 0 Å². The van der Waals surface area contributed by atoms with E-state index in [-0.39, 0.29) is 0 Å². The molecule has 0 N–H and O–H groups in total. The summed E-state index contributed by atoms with van der Waals surface area (Å²) in [5, 5.41) is 0. The molecule has 1 saturated heterocycles. The van der Waals surface area contributed by atoms with Crippen molar-refractivity contribution in [2.75, 3.05) is 13.1 Å². The fourth-order valence-electron chi connectivity index (χ4n) is 4.21. The molecule has 0 bridgehead atoms. The first-order valence-corrected chi connectivity index (χ1v) is 9.53. The lowest BCUT2D eigenvalue weighted by atomic mass is 9.78. The Morgan fingerprint density at radius 3 is 2.52 bits per heavy atom. The topological polar surface area (TPSA) is 3.01 Å². The molecule has 1 heterocycles. The summed E-state index contributed by atoms with van der Waals surface area (Å²) in [5.41, 5.74) is 6.21. The molecular formula is C21H23BrN+. The minimum absolute atomic E-state index is 0.548. The van der Waals surface area contributed by atoms with Crippen molar-refractivity contribution in [1.82, 2.24) is 0 Å². The predicted octanol–water partition coefficient (Wildman–Crippen LogP) is 4.97. The summed E-state index contributed by atoms with van der Waals surface area (Å²) in [6.45, 7) is 2.51. The highest BCUT2D eigenvalue weighted by Crippen LogP contribution is 2.34. The quantitative estimate of drug-likeness (QED) is 0.658. The van der Waals surface area contributed by atoms with E-state index < -0.39 is 0 Å². The molecule has 0 aromatic heterocycles. The fourth-order valence-corrected chi connectivity index (χ4v) is 4.62. The van der Waals surface area contributed by atoms with Crippen LogP contribution in [0.5, 0.6) is 0 Å². The van der Waals surface area contributed by atoms with Gasteiger partial charge in [-0.3, -0.25) is 0 Å². The zero-order valence-electron chi connectivity index (χ0n) is 13.5. The summed E-state index contributed by atoms with van der Waals surface area (Å²) >= 11 is 3.64. The Morgan fingerprint density at radius 1 is 0.957 bits per heavy atom. The molecule has 118 valence electrons. The van der Waals surface area contributed by atoms with Crippen LogP contribution in [-0.2, 0) is 12.8 Å². The molecule has 4 rings (SSSR count). The lowest BCUT2D eigenvalue weighted by Gasteiger charge is -2.26. The summed E-state index contributed by atoms with van der Waals surface area (Å²) in [5.74, 6) is 0.548. The van der Waals surface area contributed by atoms with E-state index in [0.717, 1.165) is 6.42 Å². The third-order valence-electron chi connectivity index (χ3n) is 5.33. The maximum atomic E-state index is 3.64. The van der Waals surface area contributed by atoms with Gasteiger partial charge in [0.15, 0.2) is 5.71 Å². The highest BCUT2D eigenvalue weighted by Gasteiger charge is 2.33. The number of hydrogen-bond donors (Lipinski definition) is 0. The lowest BCUT2D eigenvalue weighted by Crippen LogP contribution is -2.31. The Kier molecular flexibility index (Phi) is 4.35. The minimum Gasteiger partial charge on any atom is -0.236 e. The molecule has 1 aliphatic heterocycles. The number of fused-ring (bicyclic) bond motifs is 1. The maximum absolute atomic E-state index is 3.64. The Balaban J connectivity index is 1.76. The van der Waals surface area contributed by atoms with Gasteiger partial charge >= 0.3 is 0 Å². The van der Waals surface area contributed by atoms with Crippen molar-refractivity contribution in [3.05, 3.63) is 69.7 Å². The molecule has 0 amide bonds. The standard InChI is InChI=1S/C21H23BrN/c22-18-9-10-19-17(15-18)8-11-21(23-12-4-5-13-23)20(19)14-16-6-2-1-3-7-16/h1-3,6-7,9-10,15,20H,4-5,8,11-14H2/q+1. The zero-order valence-corrected chi connectivity index (χ0v) is 15.1. The average Bonchev–Trinajstić information content (AvgIpc) is 3.10. The molecule has 2 aromatic carbocycles. The summed E-state index contributed by atoms with van der Waals surface area (Å²) in [6.07, 6.45) is 6.25. The van der Waals surface area contributed by atoms with E-state index in [4.69, 9.17) is 0 Å². The second kappa shape index (κ2) is 6.60. The van der Waals surface area contributed by atoms with Crippen molar-refractivity contribution in [2.24, 2.45) is 0 Å². The largest absolute Gasteiger partial charge is 0.236 e. The van der Waals surface area contributed by atoms with Gasteiger partial charge < -0.3 is 0 Å². The first-order valence-electron chi connectivity index (χ1n) is 8.74. The first-order chi connectivity index (χ1) is 11.3. The predicted molar refractivity (Wildman–Crippen MR) is 99.6 cm³/mol. The van der Waals surface area contributed by atoms with Gasteiger partial charge in [0.25, 0.3) is 0 Å². The second-order valence-corrected chi connectivity index (χ2v) is 7.69. The van der Waals surface area contributed by atoms with Gasteiger partial charge in [-0.1, -0.05) is 52.3 Å². The molecule has 1 atom stereocenters. The van der Waals surface area contributed by atoms with Crippen LogP contribution in [0.1, 0.15) is 41.9 Å². The second-order valence-electron chi connectivity index (χ2n) is 6.77. The third kappa shape index (κ3) is 3.14. The van der Waals surface area contributed by atoms with E-state index in [1.54, 1.807) is 11.3 Å². The normalized spacial score (nSPS) is 20.7. The number of nitrogens with zero attached hydrogens (tertiary/aromatic N) is 1. The van der Waals surface area contributed by atoms with Gasteiger partial charge in [0.1, 0.15) is 13.1 Å². The van der Waals surface area contributed by atoms with Crippen molar-refractivity contribution in [3.8, 4) is 0 Å². The number of hydrogen-bond acceptors (Lipinski definition) is 0. The summed E-state index contributed by atoms with van der Waals surface area (Å²) in [4.78, 5) is 0. The van der Waals surface area contributed by atoms with Crippen LogP contribution in [0.15, 0.2) is 53.0 Å². The summed E-state index contributed by atoms with van der Waals surface area (Å²) < 4.78 is 3.89. The Bertz CT molecular complexity index is 725. The van der Waals surface area contributed by atoms with E-state index in [0.29, 0.717) is 5.92 Å². The number of halogens is 1. The Labute approximate surface area is 147 Å². The van der Waals surface area contributed by atoms with Crippen LogP contribution >= 0.6 is 15.9 Å². The van der Waals surface area contributed by atoms with Gasteiger partial charge in [-0.15, -0.1) is 0 Å². The van der Waals surface area contributed by atoms with Crippen molar-refractivity contribution >= 4 is 21.6 Å². The van der Waals surface area contributed by atoms with Gasteiger partial charge in [-0.05, 0) is 41.7 Å². The first kappa shape index (κ1) is 15.1. The zero-order chi connectivity index (χ0) is 15.6. The molecule has 2 heteroatoms. The van der Waals surface area contributed by atoms with Crippen molar-refractivity contribution < 1.29 is 4.58 Å². The van der Waals surface area contributed by atoms with Gasteiger partial charge in [0.05, 0.1) is 5.92 Å². The van der Waals surface area contributed by atoms with Crippen molar-refractivity contribution in [1.29, 1.82) is 0 Å². The van der Waals surface area contributed by atoms with Crippen LogP contribution in [0.3, 0.4) is 0 Å². The van der Waals surface area contributed by atoms with Crippen LogP contribution in [0.4, 0.5) is 0 Å². The van der Waals surface area contributed by atoms with Crippen LogP contribution in [0.25, 0.3) is 0 Å². The molecule has 0 spiro atoms. The molecule has 23 heavy (non-hydrogen) atoms. The SMILES string of the molecule is Brc1ccc2c(c1)CCC(=[N+]1CCCC1)C2Cc1ccccc1. The minimum atomic E-state index is 0.548. The Hall–Kier alpha value is -1.41. The molecule has 2 aromatic rings. The van der Waals surface area contributed by atoms with E-state index >= 15 is 0 Å². The lowest BCUT2D eigenvalue weighted by molar-refractivity contribution is -0.509. The third-order valence-corrected chi connectivity index (χ3v) is 5.82. The van der Waals surface area contributed by atoms with Gasteiger partial charge in [-0.2, -0.15) is 0 Å². The van der Waals surface area contributed by atoms with Crippen LogP contribution in [0.2, 0.25) is 0 Å². The number of aryl methyl sites for hydroxylation is 1. The molecule has 2 aliphatic rings. The number of benzene rings is 2. The Morgan fingerprint density at radius 2 is 1.74 bits per heavy atom. The maximum Gasteiger partial charge on any atom is 0.160 e. The van der Waals surface area contributed by atoms with Gasteiger partial charge in [0.2, 0.25) is 0 Å². The molecule has 0 saturated carbocycles. The molecular weight excluding hydrogens is 346 g/mol. The smallest absolute Gasteiger partial charge is 0.160 e. The molecule has 1 aliphatic carbocycles. The molecule has 1 unspecified atom stereocenters. The van der Waals surface area contributed by atoms with E-state index in [1.807, 2.05) is 0 Å². The van der Waals surface area contributed by atoms with E-state index in [2.05, 4.69) is 69.0 Å². The highest BCUT2D eigenvalue weighted by molar-refractivity contribution is 9.10. The van der Waals surface area contributed by atoms with Gasteiger partial charge in [0, 0.05) is 23.7 Å². The highest BCUT2D eigenvalue weighted by atomic mass is 79.9. The molecule has 1 fully saturated rings. The molecule has 1 nitrogen and oxygen atoms in total. The van der Waals surface area contributed by atoms with Crippen LogP contribution < -0.4 is 0 Å². The summed E-state index contributed by atoms with van der Waals surface area (Å²) in [6, 6.07) is 17.9. The number of rotatable bonds is 2. The van der Waals surface area contributed by atoms with Gasteiger partial charge in [-0.25, -0.2) is 4.58 Å². The van der Waals surface area contributed by atoms with Crippen LogP contribution in [0, 0.1) is 0 Å². The van der Waals surface area contributed by atoms with Crippen molar-refractivity contribution in [3.63, 3.8) is 0 Å².